The Morgan fingerprint density at radius 2 is 2.00 bits per heavy atom. The highest BCUT2D eigenvalue weighted by molar-refractivity contribution is 7.19. The molecule has 0 aliphatic rings. The first-order valence-electron chi connectivity index (χ1n) is 7.05. The SMILES string of the molecule is CCCN(CC)c1sc(C(=O)NCC)c(N)c1C(=O)OC. The van der Waals surface area contributed by atoms with Gasteiger partial charge in [0.1, 0.15) is 15.4 Å². The summed E-state index contributed by atoms with van der Waals surface area (Å²) in [5.74, 6) is -0.771. The average molecular weight is 313 g/mol. The molecule has 0 atom stereocenters. The number of nitrogens with one attached hydrogen (secondary N) is 1. The molecular formula is C14H23N3O3S. The lowest BCUT2D eigenvalue weighted by atomic mass is 10.2. The van der Waals surface area contributed by atoms with Crippen molar-refractivity contribution in [2.45, 2.75) is 27.2 Å². The summed E-state index contributed by atoms with van der Waals surface area (Å²) in [5, 5.41) is 3.41. The summed E-state index contributed by atoms with van der Waals surface area (Å²) >= 11 is 1.24. The van der Waals surface area contributed by atoms with Crippen molar-refractivity contribution in [1.82, 2.24) is 5.32 Å². The van der Waals surface area contributed by atoms with Crippen LogP contribution in [-0.2, 0) is 4.74 Å². The van der Waals surface area contributed by atoms with Crippen LogP contribution in [0.1, 0.15) is 47.2 Å². The maximum atomic E-state index is 12.1. The highest BCUT2D eigenvalue weighted by atomic mass is 32.1. The van der Waals surface area contributed by atoms with Gasteiger partial charge in [0.25, 0.3) is 5.91 Å². The van der Waals surface area contributed by atoms with Crippen molar-refractivity contribution in [1.29, 1.82) is 0 Å². The van der Waals surface area contributed by atoms with E-state index in [0.717, 1.165) is 19.5 Å². The van der Waals surface area contributed by atoms with E-state index in [-0.39, 0.29) is 11.6 Å². The Morgan fingerprint density at radius 3 is 2.48 bits per heavy atom. The van der Waals surface area contributed by atoms with Gasteiger partial charge in [-0.25, -0.2) is 4.79 Å². The van der Waals surface area contributed by atoms with Crippen LogP contribution in [0.15, 0.2) is 0 Å². The fourth-order valence-electron chi connectivity index (χ4n) is 2.04. The van der Waals surface area contributed by atoms with Crippen molar-refractivity contribution in [3.8, 4) is 0 Å². The lowest BCUT2D eigenvalue weighted by molar-refractivity contribution is 0.0603. The third kappa shape index (κ3) is 3.66. The third-order valence-electron chi connectivity index (χ3n) is 3.02. The van der Waals surface area contributed by atoms with Gasteiger partial charge in [-0.2, -0.15) is 0 Å². The summed E-state index contributed by atoms with van der Waals surface area (Å²) in [6.45, 7) is 7.91. The third-order valence-corrected chi connectivity index (χ3v) is 4.29. The zero-order valence-electron chi connectivity index (χ0n) is 13.0. The van der Waals surface area contributed by atoms with E-state index in [1.54, 1.807) is 0 Å². The maximum Gasteiger partial charge on any atom is 0.343 e. The topological polar surface area (TPSA) is 84.7 Å². The first kappa shape index (κ1) is 17.3. The normalized spacial score (nSPS) is 10.3. The van der Waals surface area contributed by atoms with Crippen LogP contribution >= 0.6 is 11.3 Å². The number of hydrogen-bond donors (Lipinski definition) is 2. The second kappa shape index (κ2) is 7.87. The van der Waals surface area contributed by atoms with Gasteiger partial charge in [0.05, 0.1) is 12.8 Å². The first-order valence-corrected chi connectivity index (χ1v) is 7.86. The van der Waals surface area contributed by atoms with Crippen molar-refractivity contribution >= 4 is 33.9 Å². The van der Waals surface area contributed by atoms with Crippen LogP contribution in [0.4, 0.5) is 10.7 Å². The standard InChI is InChI=1S/C14H23N3O3S/c1-5-8-17(7-3)13-9(14(19)20-4)10(15)11(21-13)12(18)16-6-2/h5-8,15H2,1-4H3,(H,16,18). The number of rotatable bonds is 7. The summed E-state index contributed by atoms with van der Waals surface area (Å²) in [5.41, 5.74) is 6.51. The number of esters is 1. The van der Waals surface area contributed by atoms with Crippen molar-refractivity contribution in [2.24, 2.45) is 0 Å². The predicted molar refractivity (Wildman–Crippen MR) is 86.3 cm³/mol. The molecular weight excluding hydrogens is 290 g/mol. The number of carbonyl (C=O) groups is 2. The van der Waals surface area contributed by atoms with E-state index in [2.05, 4.69) is 12.2 Å². The Hall–Kier alpha value is -1.76. The van der Waals surface area contributed by atoms with Crippen molar-refractivity contribution < 1.29 is 14.3 Å². The van der Waals surface area contributed by atoms with Gasteiger partial charge < -0.3 is 20.7 Å². The van der Waals surface area contributed by atoms with Crippen molar-refractivity contribution in [2.75, 3.05) is 37.4 Å². The average Bonchev–Trinajstić information content (AvgIpc) is 2.81. The second-order valence-electron chi connectivity index (χ2n) is 4.46. The molecule has 0 aromatic carbocycles. The molecule has 0 aliphatic heterocycles. The number of anilines is 2. The van der Waals surface area contributed by atoms with Gasteiger partial charge in [0.2, 0.25) is 0 Å². The minimum Gasteiger partial charge on any atom is -0.465 e. The number of nitrogens with two attached hydrogens (primary N) is 1. The molecule has 0 bridgehead atoms. The number of nitrogen functional groups attached to an aromatic ring is 1. The molecule has 1 aromatic rings. The van der Waals surface area contributed by atoms with Crippen LogP contribution < -0.4 is 16.0 Å². The molecule has 118 valence electrons. The summed E-state index contributed by atoms with van der Waals surface area (Å²) in [6, 6.07) is 0. The molecule has 7 heteroatoms. The molecule has 0 unspecified atom stereocenters. The van der Waals surface area contributed by atoms with E-state index in [1.807, 2.05) is 18.7 Å². The van der Waals surface area contributed by atoms with E-state index in [4.69, 9.17) is 10.5 Å². The van der Waals surface area contributed by atoms with E-state index in [0.29, 0.717) is 22.0 Å². The molecule has 1 rings (SSSR count). The Labute approximate surface area is 129 Å². The van der Waals surface area contributed by atoms with E-state index in [1.165, 1.54) is 18.4 Å². The first-order chi connectivity index (χ1) is 10.0. The molecule has 0 aliphatic carbocycles. The van der Waals surface area contributed by atoms with Gasteiger partial charge >= 0.3 is 5.97 Å². The van der Waals surface area contributed by atoms with Gasteiger partial charge in [0, 0.05) is 19.6 Å². The Bertz CT molecular complexity index is 514. The fraction of sp³-hybridized carbons (Fsp3) is 0.571. The fourth-order valence-corrected chi connectivity index (χ4v) is 3.25. The van der Waals surface area contributed by atoms with E-state index >= 15 is 0 Å². The molecule has 0 saturated heterocycles. The number of nitrogens with zero attached hydrogens (tertiary/aromatic N) is 1. The maximum absolute atomic E-state index is 12.1. The minimum absolute atomic E-state index is 0.197. The number of amides is 1. The Morgan fingerprint density at radius 1 is 1.33 bits per heavy atom. The van der Waals surface area contributed by atoms with Crippen molar-refractivity contribution in [3.05, 3.63) is 10.4 Å². The molecule has 0 saturated carbocycles. The minimum atomic E-state index is -0.510. The van der Waals surface area contributed by atoms with E-state index in [9.17, 15) is 9.59 Å². The largest absolute Gasteiger partial charge is 0.465 e. The quantitative estimate of drug-likeness (QED) is 0.753. The van der Waals surface area contributed by atoms with Gasteiger partial charge in [-0.05, 0) is 20.3 Å². The van der Waals surface area contributed by atoms with E-state index < -0.39 is 5.97 Å². The highest BCUT2D eigenvalue weighted by Gasteiger charge is 2.28. The van der Waals surface area contributed by atoms with Gasteiger partial charge in [0.15, 0.2) is 0 Å². The molecule has 1 heterocycles. The molecule has 3 N–H and O–H groups in total. The number of carbonyl (C=O) groups excluding carboxylic acids is 2. The lowest BCUT2D eigenvalue weighted by Gasteiger charge is -2.21. The molecule has 1 amide bonds. The molecule has 21 heavy (non-hydrogen) atoms. The van der Waals surface area contributed by atoms with Gasteiger partial charge in [-0.1, -0.05) is 6.92 Å². The number of thiophene rings is 1. The molecule has 0 radical (unpaired) electrons. The number of ether oxygens (including phenoxy) is 1. The zero-order chi connectivity index (χ0) is 16.0. The van der Waals surface area contributed by atoms with Crippen LogP contribution in [0, 0.1) is 0 Å². The second-order valence-corrected chi connectivity index (χ2v) is 5.45. The van der Waals surface area contributed by atoms with Crippen molar-refractivity contribution in [3.63, 3.8) is 0 Å². The monoisotopic (exact) mass is 313 g/mol. The Balaban J connectivity index is 3.36. The summed E-state index contributed by atoms with van der Waals surface area (Å²) < 4.78 is 4.81. The molecule has 1 aromatic heterocycles. The predicted octanol–water partition coefficient (Wildman–Crippen LogP) is 2.10. The molecule has 0 spiro atoms. The van der Waals surface area contributed by atoms with Gasteiger partial charge in [-0.3, -0.25) is 4.79 Å². The smallest absolute Gasteiger partial charge is 0.343 e. The summed E-state index contributed by atoms with van der Waals surface area (Å²) in [4.78, 5) is 26.5. The molecule has 0 fully saturated rings. The molecule has 6 nitrogen and oxygen atoms in total. The van der Waals surface area contributed by atoms with Crippen LogP contribution in [0.5, 0.6) is 0 Å². The van der Waals surface area contributed by atoms with Crippen LogP contribution in [0.3, 0.4) is 0 Å². The van der Waals surface area contributed by atoms with Gasteiger partial charge in [-0.15, -0.1) is 11.3 Å². The zero-order valence-corrected chi connectivity index (χ0v) is 13.8. The number of methoxy groups -OCH3 is 1. The number of hydrogen-bond acceptors (Lipinski definition) is 6. The summed E-state index contributed by atoms with van der Waals surface area (Å²) in [6.07, 6.45) is 0.933. The summed E-state index contributed by atoms with van der Waals surface area (Å²) in [7, 11) is 1.31. The van der Waals surface area contributed by atoms with Crippen LogP contribution in [-0.4, -0.2) is 38.6 Å². The Kier molecular flexibility index (Phi) is 6.48. The lowest BCUT2D eigenvalue weighted by Crippen LogP contribution is -2.24. The highest BCUT2D eigenvalue weighted by Crippen LogP contribution is 2.38. The van der Waals surface area contributed by atoms with Crippen LogP contribution in [0.2, 0.25) is 0 Å². The van der Waals surface area contributed by atoms with Crippen LogP contribution in [0.25, 0.3) is 0 Å².